The van der Waals surface area contributed by atoms with Crippen molar-refractivity contribution in [3.8, 4) is 0 Å². The summed E-state index contributed by atoms with van der Waals surface area (Å²) < 4.78 is 18.7. The third-order valence-electron chi connectivity index (χ3n) is 7.30. The number of rotatable bonds is 5. The van der Waals surface area contributed by atoms with Gasteiger partial charge >= 0.3 is 0 Å². The van der Waals surface area contributed by atoms with Gasteiger partial charge in [-0.3, -0.25) is 9.69 Å². The van der Waals surface area contributed by atoms with Crippen molar-refractivity contribution in [2.45, 2.75) is 44.7 Å². The molecule has 35 heavy (non-hydrogen) atoms. The van der Waals surface area contributed by atoms with Gasteiger partial charge < -0.3 is 15.0 Å². The molecule has 0 bridgehead atoms. The zero-order chi connectivity index (χ0) is 23.8. The lowest BCUT2D eigenvalue weighted by molar-refractivity contribution is 0.0331. The summed E-state index contributed by atoms with van der Waals surface area (Å²) in [5.74, 6) is 1.48. The summed E-state index contributed by atoms with van der Waals surface area (Å²) in [5, 5.41) is 4.38. The van der Waals surface area contributed by atoms with E-state index in [2.05, 4.69) is 15.1 Å². The van der Waals surface area contributed by atoms with Crippen LogP contribution in [0.5, 0.6) is 0 Å². The van der Waals surface area contributed by atoms with Crippen LogP contribution in [0.25, 0.3) is 10.2 Å². The molecule has 1 N–H and O–H groups in total. The Morgan fingerprint density at radius 3 is 2.63 bits per heavy atom. The normalized spacial score (nSPS) is 19.3. The zero-order valence-corrected chi connectivity index (χ0v) is 20.6. The van der Waals surface area contributed by atoms with E-state index in [0.717, 1.165) is 88.1 Å². The number of anilines is 1. The molecule has 2 saturated heterocycles. The highest BCUT2D eigenvalue weighted by Crippen LogP contribution is 2.41. The topological polar surface area (TPSA) is 70.6 Å². The maximum Gasteiger partial charge on any atom is 0.251 e. The van der Waals surface area contributed by atoms with E-state index in [1.807, 2.05) is 11.3 Å². The van der Waals surface area contributed by atoms with Gasteiger partial charge in [-0.1, -0.05) is 0 Å². The summed E-state index contributed by atoms with van der Waals surface area (Å²) in [6.07, 6.45) is 5.17. The standard InChI is InChI=1S/C26H30FN5O2S/c27-18-6-4-17(5-7-18)25(33)28-19-8-10-32(11-9-19)24-23-20-2-1-3-21(20)35-26(23)30-22(29-24)16-31-12-14-34-15-13-31/h4-7,19H,1-3,8-16H2,(H,28,33). The zero-order valence-electron chi connectivity index (χ0n) is 19.8. The van der Waals surface area contributed by atoms with E-state index < -0.39 is 0 Å². The van der Waals surface area contributed by atoms with Crippen LogP contribution in [0.3, 0.4) is 0 Å². The Morgan fingerprint density at radius 2 is 1.86 bits per heavy atom. The molecular formula is C26H30FN5O2S. The lowest BCUT2D eigenvalue weighted by atomic mass is 10.0. The second-order valence-electron chi connectivity index (χ2n) is 9.63. The molecule has 2 aliphatic heterocycles. The van der Waals surface area contributed by atoms with Crippen LogP contribution in [0.4, 0.5) is 10.2 Å². The first-order valence-corrected chi connectivity index (χ1v) is 13.4. The first kappa shape index (κ1) is 22.8. The van der Waals surface area contributed by atoms with Crippen molar-refractivity contribution in [2.75, 3.05) is 44.3 Å². The van der Waals surface area contributed by atoms with E-state index in [0.29, 0.717) is 5.56 Å². The monoisotopic (exact) mass is 495 g/mol. The smallest absolute Gasteiger partial charge is 0.251 e. The van der Waals surface area contributed by atoms with Gasteiger partial charge in [0.1, 0.15) is 22.3 Å². The van der Waals surface area contributed by atoms with Crippen LogP contribution in [-0.4, -0.2) is 66.2 Å². The SMILES string of the molecule is O=C(NC1CCN(c2nc(CN3CCOCC3)nc3sc4c(c23)CCC4)CC1)c1ccc(F)cc1. The summed E-state index contributed by atoms with van der Waals surface area (Å²) in [6.45, 7) is 5.77. The summed E-state index contributed by atoms with van der Waals surface area (Å²) in [4.78, 5) is 30.1. The number of carbonyl (C=O) groups is 1. The molecule has 1 amide bonds. The van der Waals surface area contributed by atoms with Crippen molar-refractivity contribution in [1.29, 1.82) is 0 Å². The Hall–Kier alpha value is -2.62. The molecule has 184 valence electrons. The van der Waals surface area contributed by atoms with Crippen LogP contribution >= 0.6 is 11.3 Å². The van der Waals surface area contributed by atoms with Gasteiger partial charge in [0, 0.05) is 42.7 Å². The van der Waals surface area contributed by atoms with Crippen LogP contribution in [0, 0.1) is 5.82 Å². The summed E-state index contributed by atoms with van der Waals surface area (Å²) in [7, 11) is 0. The molecule has 7 nitrogen and oxygen atoms in total. The van der Waals surface area contributed by atoms with Crippen molar-refractivity contribution in [3.63, 3.8) is 0 Å². The van der Waals surface area contributed by atoms with Gasteiger partial charge in [-0.2, -0.15) is 0 Å². The fourth-order valence-electron chi connectivity index (χ4n) is 5.38. The molecule has 9 heteroatoms. The van der Waals surface area contributed by atoms with E-state index in [1.54, 1.807) is 0 Å². The Morgan fingerprint density at radius 1 is 1.09 bits per heavy atom. The van der Waals surface area contributed by atoms with Gasteiger partial charge in [0.2, 0.25) is 0 Å². The number of thiophene rings is 1. The van der Waals surface area contributed by atoms with E-state index in [4.69, 9.17) is 14.7 Å². The van der Waals surface area contributed by atoms with Crippen LogP contribution in [0.1, 0.15) is 45.9 Å². The Balaban J connectivity index is 1.20. The minimum Gasteiger partial charge on any atom is -0.379 e. The first-order valence-electron chi connectivity index (χ1n) is 12.6. The lowest BCUT2D eigenvalue weighted by Crippen LogP contribution is -2.45. The van der Waals surface area contributed by atoms with Gasteiger partial charge in [0.15, 0.2) is 0 Å². The predicted octanol–water partition coefficient (Wildman–Crippen LogP) is 3.55. The van der Waals surface area contributed by atoms with Gasteiger partial charge in [-0.05, 0) is 61.9 Å². The predicted molar refractivity (Wildman–Crippen MR) is 135 cm³/mol. The van der Waals surface area contributed by atoms with Gasteiger partial charge in [-0.25, -0.2) is 14.4 Å². The molecule has 3 aromatic rings. The summed E-state index contributed by atoms with van der Waals surface area (Å²) in [5.41, 5.74) is 1.94. The number of halogens is 1. The second kappa shape index (κ2) is 9.79. The molecule has 1 aromatic carbocycles. The van der Waals surface area contributed by atoms with Crippen LogP contribution in [0.2, 0.25) is 0 Å². The van der Waals surface area contributed by atoms with Crippen molar-refractivity contribution in [1.82, 2.24) is 20.2 Å². The molecule has 1 aliphatic carbocycles. The quantitative estimate of drug-likeness (QED) is 0.584. The second-order valence-corrected chi connectivity index (χ2v) is 10.7. The molecule has 0 saturated carbocycles. The number of aryl methyl sites for hydroxylation is 2. The van der Waals surface area contributed by atoms with Crippen molar-refractivity contribution >= 4 is 33.3 Å². The summed E-state index contributed by atoms with van der Waals surface area (Å²) >= 11 is 1.84. The van der Waals surface area contributed by atoms with E-state index in [1.165, 1.54) is 46.5 Å². The number of amides is 1. The van der Waals surface area contributed by atoms with Crippen molar-refractivity contribution in [2.24, 2.45) is 0 Å². The number of carbonyl (C=O) groups excluding carboxylic acids is 1. The number of nitrogens with one attached hydrogen (secondary N) is 1. The van der Waals surface area contributed by atoms with Crippen molar-refractivity contribution < 1.29 is 13.9 Å². The number of nitrogens with zero attached hydrogens (tertiary/aromatic N) is 4. The van der Waals surface area contributed by atoms with E-state index in [9.17, 15) is 9.18 Å². The third kappa shape index (κ3) is 4.77. The highest BCUT2D eigenvalue weighted by molar-refractivity contribution is 7.19. The Kier molecular flexibility index (Phi) is 6.39. The molecule has 0 radical (unpaired) electrons. The number of morpholine rings is 1. The largest absolute Gasteiger partial charge is 0.379 e. The van der Waals surface area contributed by atoms with Gasteiger partial charge in [-0.15, -0.1) is 11.3 Å². The van der Waals surface area contributed by atoms with Crippen LogP contribution in [0.15, 0.2) is 24.3 Å². The number of fused-ring (bicyclic) bond motifs is 3. The first-order chi connectivity index (χ1) is 17.1. The molecule has 4 heterocycles. The Labute approximate surface area is 208 Å². The number of aromatic nitrogens is 2. The maximum atomic E-state index is 13.2. The average Bonchev–Trinajstić information content (AvgIpc) is 3.46. The van der Waals surface area contributed by atoms with Crippen molar-refractivity contribution in [3.05, 3.63) is 51.9 Å². The van der Waals surface area contributed by atoms with Crippen LogP contribution < -0.4 is 10.2 Å². The van der Waals surface area contributed by atoms with Gasteiger partial charge in [0.25, 0.3) is 5.91 Å². The fraction of sp³-hybridized carbons (Fsp3) is 0.500. The minimum absolute atomic E-state index is 0.0992. The molecule has 0 unspecified atom stereocenters. The molecule has 2 fully saturated rings. The number of hydrogen-bond donors (Lipinski definition) is 1. The van der Waals surface area contributed by atoms with Crippen LogP contribution in [-0.2, 0) is 24.1 Å². The average molecular weight is 496 g/mol. The molecular weight excluding hydrogens is 465 g/mol. The summed E-state index contributed by atoms with van der Waals surface area (Å²) in [6, 6.07) is 5.81. The highest BCUT2D eigenvalue weighted by atomic mass is 32.1. The molecule has 0 spiro atoms. The maximum absolute atomic E-state index is 13.2. The number of hydrogen-bond acceptors (Lipinski definition) is 7. The molecule has 3 aliphatic rings. The Bertz CT molecular complexity index is 1220. The lowest BCUT2D eigenvalue weighted by Gasteiger charge is -2.34. The fourth-order valence-corrected chi connectivity index (χ4v) is 6.66. The van der Waals surface area contributed by atoms with Gasteiger partial charge in [0.05, 0.1) is 25.1 Å². The van der Waals surface area contributed by atoms with E-state index in [-0.39, 0.29) is 17.8 Å². The van der Waals surface area contributed by atoms with E-state index >= 15 is 0 Å². The molecule has 6 rings (SSSR count). The molecule has 2 aromatic heterocycles. The molecule has 0 atom stereocenters. The number of benzene rings is 1. The highest BCUT2D eigenvalue weighted by Gasteiger charge is 2.28. The number of ether oxygens (including phenoxy) is 1. The third-order valence-corrected chi connectivity index (χ3v) is 8.48. The minimum atomic E-state index is -0.334. The number of piperidine rings is 1.